The molecule has 6 nitrogen and oxygen atoms in total. The normalized spacial score (nSPS) is 19.9. The Morgan fingerprint density at radius 3 is 2.64 bits per heavy atom. The van der Waals surface area contributed by atoms with Gasteiger partial charge in [-0.2, -0.15) is 5.10 Å². The van der Waals surface area contributed by atoms with Crippen molar-refractivity contribution in [1.29, 1.82) is 0 Å². The van der Waals surface area contributed by atoms with Crippen LogP contribution in [-0.2, 0) is 16.6 Å². The Hall–Kier alpha value is -2.77. The van der Waals surface area contributed by atoms with Crippen molar-refractivity contribution in [1.82, 2.24) is 9.78 Å². The number of aryl methyl sites for hydroxylation is 1. The fourth-order valence-corrected chi connectivity index (χ4v) is 3.16. The van der Waals surface area contributed by atoms with Gasteiger partial charge in [0.05, 0.1) is 13.0 Å². The van der Waals surface area contributed by atoms with Crippen LogP contribution in [-0.4, -0.2) is 35.9 Å². The molecule has 2 atom stereocenters. The summed E-state index contributed by atoms with van der Waals surface area (Å²) in [6.07, 6.45) is 0. The summed E-state index contributed by atoms with van der Waals surface area (Å²) in [6.45, 7) is 0.562. The van der Waals surface area contributed by atoms with Gasteiger partial charge in [0, 0.05) is 38.2 Å². The molecule has 1 aliphatic rings. The van der Waals surface area contributed by atoms with Gasteiger partial charge in [-0.1, -0.05) is 6.07 Å². The maximum Gasteiger partial charge on any atom is 0.311 e. The molecule has 0 amide bonds. The van der Waals surface area contributed by atoms with Crippen LogP contribution in [0.25, 0.3) is 0 Å². The number of carbonyl (C=O) groups is 1. The molecule has 1 fully saturated rings. The molecule has 8 heteroatoms. The van der Waals surface area contributed by atoms with E-state index in [2.05, 4.69) is 5.10 Å². The van der Waals surface area contributed by atoms with Crippen molar-refractivity contribution in [2.45, 2.75) is 5.92 Å². The summed E-state index contributed by atoms with van der Waals surface area (Å²) < 4.78 is 33.4. The molecule has 2 aromatic rings. The van der Waals surface area contributed by atoms with Crippen molar-refractivity contribution < 1.29 is 18.3 Å². The number of halogens is 2. The van der Waals surface area contributed by atoms with E-state index in [4.69, 9.17) is 4.74 Å². The first kappa shape index (κ1) is 17.1. The molecular weight excluding hydrogens is 332 g/mol. The van der Waals surface area contributed by atoms with E-state index in [9.17, 15) is 18.4 Å². The van der Waals surface area contributed by atoms with Crippen LogP contribution < -0.4 is 10.5 Å². The highest BCUT2D eigenvalue weighted by molar-refractivity contribution is 5.75. The van der Waals surface area contributed by atoms with Crippen molar-refractivity contribution in [3.05, 3.63) is 57.9 Å². The summed E-state index contributed by atoms with van der Waals surface area (Å²) in [5, 5.41) is 4.16. The standard InChI is InChI=1S/C17H17F2N3O3/c1-21-16(23)6-5-15(20-21)22-8-12(13(9-22)17(24)25-2)11-4-3-10(18)7-14(11)19/h3-7,12-13H,8-9H2,1-2H3. The molecule has 0 N–H and O–H groups in total. The minimum atomic E-state index is -0.700. The summed E-state index contributed by atoms with van der Waals surface area (Å²) in [7, 11) is 2.80. The van der Waals surface area contributed by atoms with Crippen LogP contribution in [0.3, 0.4) is 0 Å². The monoisotopic (exact) mass is 349 g/mol. The lowest BCUT2D eigenvalue weighted by Crippen LogP contribution is -2.27. The zero-order valence-electron chi connectivity index (χ0n) is 13.8. The molecule has 0 bridgehead atoms. The van der Waals surface area contributed by atoms with E-state index in [-0.39, 0.29) is 17.7 Å². The Bertz CT molecular complexity index is 868. The Morgan fingerprint density at radius 2 is 2.00 bits per heavy atom. The average Bonchev–Trinajstić information content (AvgIpc) is 3.01. The van der Waals surface area contributed by atoms with Crippen LogP contribution in [0.4, 0.5) is 14.6 Å². The van der Waals surface area contributed by atoms with Gasteiger partial charge in [-0.3, -0.25) is 9.59 Å². The lowest BCUT2D eigenvalue weighted by atomic mass is 9.88. The lowest BCUT2D eigenvalue weighted by molar-refractivity contribution is -0.145. The van der Waals surface area contributed by atoms with Gasteiger partial charge in [0.25, 0.3) is 5.56 Å². The first-order chi connectivity index (χ1) is 11.9. The Labute approximate surface area is 142 Å². The van der Waals surface area contributed by atoms with Gasteiger partial charge >= 0.3 is 5.97 Å². The van der Waals surface area contributed by atoms with E-state index in [1.165, 1.54) is 37.0 Å². The van der Waals surface area contributed by atoms with E-state index in [1.807, 2.05) is 0 Å². The van der Waals surface area contributed by atoms with E-state index in [0.29, 0.717) is 12.4 Å². The lowest BCUT2D eigenvalue weighted by Gasteiger charge is -2.18. The van der Waals surface area contributed by atoms with Gasteiger partial charge in [-0.25, -0.2) is 13.5 Å². The van der Waals surface area contributed by atoms with Crippen molar-refractivity contribution in [2.75, 3.05) is 25.1 Å². The van der Waals surface area contributed by atoms with Gasteiger partial charge < -0.3 is 9.64 Å². The minimum absolute atomic E-state index is 0.254. The van der Waals surface area contributed by atoms with Crippen LogP contribution in [0.2, 0.25) is 0 Å². The molecule has 1 aromatic carbocycles. The molecule has 25 heavy (non-hydrogen) atoms. The quantitative estimate of drug-likeness (QED) is 0.785. The summed E-state index contributed by atoms with van der Waals surface area (Å²) in [5.74, 6) is -2.47. The van der Waals surface area contributed by atoms with Crippen molar-refractivity contribution in [2.24, 2.45) is 13.0 Å². The maximum atomic E-state index is 14.2. The molecule has 0 aliphatic carbocycles. The first-order valence-corrected chi connectivity index (χ1v) is 7.72. The second-order valence-corrected chi connectivity index (χ2v) is 5.96. The second kappa shape index (κ2) is 6.62. The van der Waals surface area contributed by atoms with Gasteiger partial charge in [-0.15, -0.1) is 0 Å². The van der Waals surface area contributed by atoms with Crippen molar-refractivity contribution in [3.8, 4) is 0 Å². The number of nitrogens with zero attached hydrogens (tertiary/aromatic N) is 3. The minimum Gasteiger partial charge on any atom is -0.469 e. The fraction of sp³-hybridized carbons (Fsp3) is 0.353. The molecule has 1 aliphatic heterocycles. The Morgan fingerprint density at radius 1 is 1.24 bits per heavy atom. The number of methoxy groups -OCH3 is 1. The smallest absolute Gasteiger partial charge is 0.311 e. The molecule has 1 saturated heterocycles. The van der Waals surface area contributed by atoms with Gasteiger partial charge in [-0.05, 0) is 17.7 Å². The van der Waals surface area contributed by atoms with Gasteiger partial charge in [0.15, 0.2) is 0 Å². The van der Waals surface area contributed by atoms with E-state index in [1.54, 1.807) is 11.0 Å². The number of hydrogen-bond acceptors (Lipinski definition) is 5. The number of anilines is 1. The van der Waals surface area contributed by atoms with Gasteiger partial charge in [0.2, 0.25) is 0 Å². The number of carbonyl (C=O) groups excluding carboxylic acids is 1. The molecule has 132 valence electrons. The molecule has 0 saturated carbocycles. The third kappa shape index (κ3) is 3.24. The number of benzene rings is 1. The van der Waals surface area contributed by atoms with Crippen LogP contribution >= 0.6 is 0 Å². The summed E-state index contributed by atoms with van der Waals surface area (Å²) in [6, 6.07) is 6.25. The molecule has 2 unspecified atom stereocenters. The van der Waals surface area contributed by atoms with E-state index in [0.717, 1.165) is 6.07 Å². The highest BCUT2D eigenvalue weighted by Gasteiger charge is 2.41. The highest BCUT2D eigenvalue weighted by atomic mass is 19.1. The zero-order valence-corrected chi connectivity index (χ0v) is 13.8. The number of aromatic nitrogens is 2. The third-order valence-corrected chi connectivity index (χ3v) is 4.46. The fourth-order valence-electron chi connectivity index (χ4n) is 3.16. The molecular formula is C17H17F2N3O3. The predicted octanol–water partition coefficient (Wildman–Crippen LogP) is 1.45. The van der Waals surface area contributed by atoms with Gasteiger partial charge in [0.1, 0.15) is 17.5 Å². The molecule has 1 aromatic heterocycles. The molecule has 0 spiro atoms. The molecule has 3 rings (SSSR count). The molecule has 0 radical (unpaired) electrons. The van der Waals surface area contributed by atoms with E-state index < -0.39 is 29.4 Å². The number of hydrogen-bond donors (Lipinski definition) is 0. The zero-order chi connectivity index (χ0) is 18.1. The number of rotatable bonds is 3. The third-order valence-electron chi connectivity index (χ3n) is 4.46. The Kier molecular flexibility index (Phi) is 4.52. The van der Waals surface area contributed by atoms with Crippen LogP contribution in [0, 0.1) is 17.6 Å². The second-order valence-electron chi connectivity index (χ2n) is 5.96. The number of ether oxygens (including phenoxy) is 1. The summed E-state index contributed by atoms with van der Waals surface area (Å²) in [4.78, 5) is 25.4. The first-order valence-electron chi connectivity index (χ1n) is 7.72. The molecule has 2 heterocycles. The SMILES string of the molecule is COC(=O)C1CN(c2ccc(=O)n(C)n2)CC1c1ccc(F)cc1F. The van der Waals surface area contributed by atoms with Crippen molar-refractivity contribution >= 4 is 11.8 Å². The summed E-state index contributed by atoms with van der Waals surface area (Å²) in [5.41, 5.74) is -0.00212. The summed E-state index contributed by atoms with van der Waals surface area (Å²) >= 11 is 0. The Balaban J connectivity index is 1.97. The highest BCUT2D eigenvalue weighted by Crippen LogP contribution is 2.36. The largest absolute Gasteiger partial charge is 0.469 e. The topological polar surface area (TPSA) is 64.4 Å². The maximum absolute atomic E-state index is 14.2. The number of esters is 1. The van der Waals surface area contributed by atoms with Crippen LogP contribution in [0.1, 0.15) is 11.5 Å². The van der Waals surface area contributed by atoms with Crippen LogP contribution in [0.5, 0.6) is 0 Å². The predicted molar refractivity (Wildman–Crippen MR) is 86.3 cm³/mol. The van der Waals surface area contributed by atoms with Crippen LogP contribution in [0.15, 0.2) is 35.1 Å². The van der Waals surface area contributed by atoms with E-state index >= 15 is 0 Å². The average molecular weight is 349 g/mol. The van der Waals surface area contributed by atoms with Crippen molar-refractivity contribution in [3.63, 3.8) is 0 Å².